The summed E-state index contributed by atoms with van der Waals surface area (Å²) >= 11 is 0. The van der Waals surface area contributed by atoms with Crippen molar-refractivity contribution in [2.75, 3.05) is 10.6 Å². The molecule has 1 saturated carbocycles. The Morgan fingerprint density at radius 2 is 1.50 bits per heavy atom. The smallest absolute Gasteiger partial charge is 0.322 e. The van der Waals surface area contributed by atoms with Gasteiger partial charge in [-0.25, -0.2) is 4.79 Å². The van der Waals surface area contributed by atoms with Crippen LogP contribution in [0.1, 0.15) is 32.1 Å². The topological polar surface area (TPSA) is 90.5 Å². The lowest BCUT2D eigenvalue weighted by molar-refractivity contribution is -0.135. The number of benzene rings is 2. The number of urea groups is 1. The Labute approximate surface area is 175 Å². The number of nitrogens with one attached hydrogen (secondary N) is 3. The lowest BCUT2D eigenvalue weighted by Crippen LogP contribution is -2.68. The molecule has 2 aromatic carbocycles. The van der Waals surface area contributed by atoms with Crippen molar-refractivity contribution in [3.63, 3.8) is 0 Å². The molecule has 0 aromatic heterocycles. The molecule has 1 heterocycles. The second-order valence-electron chi connectivity index (χ2n) is 7.80. The van der Waals surface area contributed by atoms with Gasteiger partial charge in [0.1, 0.15) is 6.04 Å². The Morgan fingerprint density at radius 1 is 0.900 bits per heavy atom. The van der Waals surface area contributed by atoms with Gasteiger partial charge in [-0.2, -0.15) is 0 Å². The highest BCUT2D eigenvalue weighted by atomic mass is 16.2. The van der Waals surface area contributed by atoms with Crippen LogP contribution in [0, 0.1) is 0 Å². The van der Waals surface area contributed by atoms with Gasteiger partial charge in [-0.1, -0.05) is 49.2 Å². The van der Waals surface area contributed by atoms with Crippen LogP contribution in [-0.4, -0.2) is 40.9 Å². The van der Waals surface area contributed by atoms with Crippen LogP contribution in [0.5, 0.6) is 0 Å². The molecule has 4 rings (SSSR count). The summed E-state index contributed by atoms with van der Waals surface area (Å²) in [5.41, 5.74) is 1.32. The van der Waals surface area contributed by atoms with Crippen LogP contribution in [0.4, 0.5) is 16.2 Å². The molecule has 30 heavy (non-hydrogen) atoms. The van der Waals surface area contributed by atoms with Crippen LogP contribution in [0.2, 0.25) is 0 Å². The molecule has 2 aromatic rings. The van der Waals surface area contributed by atoms with Gasteiger partial charge in [-0.05, 0) is 37.1 Å². The first-order valence-electron chi connectivity index (χ1n) is 10.4. The number of fused-ring (bicyclic) bond motifs is 1. The molecule has 1 saturated heterocycles. The summed E-state index contributed by atoms with van der Waals surface area (Å²) in [5.74, 6) is -0.572. The summed E-state index contributed by atoms with van der Waals surface area (Å²) in [6, 6.07) is 16.9. The minimum atomic E-state index is -0.850. The van der Waals surface area contributed by atoms with Gasteiger partial charge in [0.05, 0.1) is 12.5 Å². The van der Waals surface area contributed by atoms with Gasteiger partial charge in [0.25, 0.3) is 0 Å². The van der Waals surface area contributed by atoms with E-state index in [0.717, 1.165) is 25.7 Å². The number of para-hydroxylation sites is 2. The maximum absolute atomic E-state index is 13.2. The molecule has 7 nitrogen and oxygen atoms in total. The predicted octanol–water partition coefficient (Wildman–Crippen LogP) is 3.36. The van der Waals surface area contributed by atoms with E-state index in [1.54, 1.807) is 29.2 Å². The number of amides is 4. The highest BCUT2D eigenvalue weighted by Crippen LogP contribution is 2.30. The van der Waals surface area contributed by atoms with Gasteiger partial charge < -0.3 is 20.9 Å². The lowest BCUT2D eigenvalue weighted by atomic mass is 9.85. The number of carbonyl (C=O) groups excluding carboxylic acids is 3. The molecular formula is C23H26N4O3. The zero-order valence-corrected chi connectivity index (χ0v) is 16.7. The molecule has 4 amide bonds. The van der Waals surface area contributed by atoms with E-state index in [9.17, 15) is 14.4 Å². The number of nitrogens with zero attached hydrogens (tertiary/aromatic N) is 1. The van der Waals surface area contributed by atoms with Crippen LogP contribution in [-0.2, 0) is 9.59 Å². The number of piperazine rings is 1. The summed E-state index contributed by atoms with van der Waals surface area (Å²) in [5, 5.41) is 8.75. The monoisotopic (exact) mass is 406 g/mol. The summed E-state index contributed by atoms with van der Waals surface area (Å²) in [6.45, 7) is 0. The molecule has 2 fully saturated rings. The lowest BCUT2D eigenvalue weighted by Gasteiger charge is -2.47. The van der Waals surface area contributed by atoms with E-state index in [0.29, 0.717) is 11.4 Å². The van der Waals surface area contributed by atoms with Crippen molar-refractivity contribution in [1.82, 2.24) is 10.2 Å². The molecular weight excluding hydrogens is 380 g/mol. The number of rotatable bonds is 4. The molecule has 3 N–H and O–H groups in total. The van der Waals surface area contributed by atoms with E-state index >= 15 is 0 Å². The molecule has 7 heteroatoms. The van der Waals surface area contributed by atoms with Gasteiger partial charge in [0.15, 0.2) is 0 Å². The summed E-state index contributed by atoms with van der Waals surface area (Å²) in [4.78, 5) is 40.4. The average molecular weight is 406 g/mol. The number of anilines is 2. The van der Waals surface area contributed by atoms with Crippen LogP contribution in [0.3, 0.4) is 0 Å². The number of hydrogen-bond acceptors (Lipinski definition) is 3. The number of carbonyl (C=O) groups is 3. The highest BCUT2D eigenvalue weighted by Gasteiger charge is 2.46. The van der Waals surface area contributed by atoms with Gasteiger partial charge in [-0.15, -0.1) is 0 Å². The van der Waals surface area contributed by atoms with Crippen molar-refractivity contribution in [3.05, 3.63) is 60.7 Å². The standard InChI is InChI=1S/C23H26N4O3/c28-21(24-16-9-3-1-4-10-16)15-20-22(29)26-18-13-7-8-14-19(18)27(20)23(30)25-17-11-5-2-6-12-17/h1-6,9-12,18-20H,7-8,13-15H2,(H,24,28)(H,25,30)(H,26,29)/t18-,19-,20+/m0/s1. The molecule has 1 aliphatic carbocycles. The fourth-order valence-electron chi connectivity index (χ4n) is 4.35. The SMILES string of the molecule is O=C(C[C@@H]1C(=O)N[C@H]2CCCC[C@@H]2N1C(=O)Nc1ccccc1)Nc1ccccc1. The third kappa shape index (κ3) is 4.45. The zero-order valence-electron chi connectivity index (χ0n) is 16.7. The van der Waals surface area contributed by atoms with E-state index < -0.39 is 6.04 Å². The summed E-state index contributed by atoms with van der Waals surface area (Å²) in [6.07, 6.45) is 3.58. The zero-order chi connectivity index (χ0) is 20.9. The Kier molecular flexibility index (Phi) is 5.97. The van der Waals surface area contributed by atoms with E-state index in [4.69, 9.17) is 0 Å². The minimum absolute atomic E-state index is 0.0683. The Balaban J connectivity index is 1.54. The second kappa shape index (κ2) is 8.98. The number of hydrogen-bond donors (Lipinski definition) is 3. The largest absolute Gasteiger partial charge is 0.349 e. The van der Waals surface area contributed by atoms with E-state index in [2.05, 4.69) is 16.0 Å². The van der Waals surface area contributed by atoms with Crippen molar-refractivity contribution in [2.45, 2.75) is 50.2 Å². The highest BCUT2D eigenvalue weighted by molar-refractivity contribution is 5.99. The molecule has 1 aliphatic heterocycles. The van der Waals surface area contributed by atoms with Gasteiger partial charge >= 0.3 is 6.03 Å². The van der Waals surface area contributed by atoms with Crippen molar-refractivity contribution >= 4 is 29.2 Å². The van der Waals surface area contributed by atoms with Crippen LogP contribution < -0.4 is 16.0 Å². The summed E-state index contributed by atoms with van der Waals surface area (Å²) < 4.78 is 0. The van der Waals surface area contributed by atoms with E-state index in [1.807, 2.05) is 36.4 Å². The van der Waals surface area contributed by atoms with Crippen molar-refractivity contribution < 1.29 is 14.4 Å². The van der Waals surface area contributed by atoms with Crippen molar-refractivity contribution in [2.24, 2.45) is 0 Å². The molecule has 2 aliphatic rings. The van der Waals surface area contributed by atoms with Crippen molar-refractivity contribution in [3.8, 4) is 0 Å². The summed E-state index contributed by atoms with van der Waals surface area (Å²) in [7, 11) is 0. The molecule has 156 valence electrons. The molecule has 0 radical (unpaired) electrons. The Morgan fingerprint density at radius 3 is 2.17 bits per heavy atom. The van der Waals surface area contributed by atoms with E-state index in [1.165, 1.54) is 0 Å². The maximum atomic E-state index is 13.2. The predicted molar refractivity (Wildman–Crippen MR) is 115 cm³/mol. The Bertz CT molecular complexity index is 903. The molecule has 0 bridgehead atoms. The molecule has 0 spiro atoms. The average Bonchev–Trinajstić information content (AvgIpc) is 2.75. The third-order valence-electron chi connectivity index (χ3n) is 5.75. The van der Waals surface area contributed by atoms with E-state index in [-0.39, 0.29) is 36.3 Å². The normalized spacial score (nSPS) is 23.1. The van der Waals surface area contributed by atoms with Crippen LogP contribution >= 0.6 is 0 Å². The first kappa shape index (κ1) is 19.9. The first-order chi connectivity index (χ1) is 14.6. The van der Waals surface area contributed by atoms with Crippen LogP contribution in [0.15, 0.2) is 60.7 Å². The molecule has 3 atom stereocenters. The van der Waals surface area contributed by atoms with Crippen molar-refractivity contribution in [1.29, 1.82) is 0 Å². The fraction of sp³-hybridized carbons (Fsp3) is 0.348. The second-order valence-corrected chi connectivity index (χ2v) is 7.80. The maximum Gasteiger partial charge on any atom is 0.322 e. The van der Waals surface area contributed by atoms with Gasteiger partial charge in [0.2, 0.25) is 11.8 Å². The van der Waals surface area contributed by atoms with Gasteiger partial charge in [-0.3, -0.25) is 9.59 Å². The Hall–Kier alpha value is -3.35. The fourth-order valence-corrected chi connectivity index (χ4v) is 4.35. The first-order valence-corrected chi connectivity index (χ1v) is 10.4. The van der Waals surface area contributed by atoms with Gasteiger partial charge in [0, 0.05) is 17.4 Å². The molecule has 0 unspecified atom stereocenters. The quantitative estimate of drug-likeness (QED) is 0.727. The third-order valence-corrected chi connectivity index (χ3v) is 5.75. The van der Waals surface area contributed by atoms with Crippen LogP contribution in [0.25, 0.3) is 0 Å². The minimum Gasteiger partial charge on any atom is -0.349 e.